The van der Waals surface area contributed by atoms with Crippen LogP contribution in [0.2, 0.25) is 0 Å². The largest absolute Gasteiger partial charge is 0.475 e. The standard InChI is InChI=1S/C10H11NO2/c12-6-9-7-13-10(11-9)8-4-2-1-3-5-8/h1-5,9,12H,6-7H2/p+1. The van der Waals surface area contributed by atoms with Crippen molar-refractivity contribution in [3.63, 3.8) is 0 Å². The number of aliphatic imine (C=N–C) groups is 1. The topological polar surface area (TPSA) is 44.5 Å². The van der Waals surface area contributed by atoms with E-state index in [-0.39, 0.29) is 6.04 Å². The Morgan fingerprint density at radius 2 is 2.15 bits per heavy atom. The highest BCUT2D eigenvalue weighted by Crippen LogP contribution is 2.10. The minimum atomic E-state index is 0.0233. The van der Waals surface area contributed by atoms with Crippen molar-refractivity contribution in [2.45, 2.75) is 6.04 Å². The molecule has 68 valence electrons. The average molecular weight is 178 g/mol. The van der Waals surface area contributed by atoms with Gasteiger partial charge in [0.05, 0.1) is 0 Å². The van der Waals surface area contributed by atoms with E-state index in [2.05, 4.69) is 4.99 Å². The summed E-state index contributed by atoms with van der Waals surface area (Å²) in [5.74, 6) is 0.679. The predicted molar refractivity (Wildman–Crippen MR) is 51.2 cm³/mol. The first kappa shape index (κ1) is 8.26. The van der Waals surface area contributed by atoms with Crippen LogP contribution in [-0.2, 0) is 4.74 Å². The fourth-order valence-electron chi connectivity index (χ4n) is 1.26. The van der Waals surface area contributed by atoms with Crippen molar-refractivity contribution < 1.29 is 9.84 Å². The first-order valence-corrected chi connectivity index (χ1v) is 4.31. The first-order valence-electron chi connectivity index (χ1n) is 4.31. The second-order valence-corrected chi connectivity index (χ2v) is 2.97. The summed E-state index contributed by atoms with van der Waals surface area (Å²) in [5, 5.41) is 7.17. The van der Waals surface area contributed by atoms with Gasteiger partial charge >= 0.3 is 0 Å². The highest BCUT2D eigenvalue weighted by molar-refractivity contribution is 5.95. The van der Waals surface area contributed by atoms with Crippen LogP contribution in [0.1, 0.15) is 5.56 Å². The molecule has 0 bridgehead atoms. The Bertz CT molecular complexity index is 308. The third-order valence-electron chi connectivity index (χ3n) is 1.97. The van der Waals surface area contributed by atoms with Gasteiger partial charge in [0.25, 0.3) is 0 Å². The molecule has 0 fully saturated rings. The van der Waals surface area contributed by atoms with E-state index in [9.17, 15) is 0 Å². The SMILES string of the molecule is [OH2+]CC1COC(c2ccccc2)=N1. The minimum Gasteiger partial charge on any atom is -0.475 e. The van der Waals surface area contributed by atoms with E-state index in [1.54, 1.807) is 0 Å². The van der Waals surface area contributed by atoms with Crippen LogP contribution in [-0.4, -0.2) is 30.3 Å². The maximum atomic E-state index is 7.17. The van der Waals surface area contributed by atoms with Crippen LogP contribution < -0.4 is 0 Å². The zero-order chi connectivity index (χ0) is 9.10. The van der Waals surface area contributed by atoms with Crippen LogP contribution in [0.3, 0.4) is 0 Å². The Labute approximate surface area is 76.7 Å². The lowest BCUT2D eigenvalue weighted by Crippen LogP contribution is -2.10. The zero-order valence-electron chi connectivity index (χ0n) is 7.23. The molecular formula is C10H12NO2+. The Morgan fingerprint density at radius 3 is 2.77 bits per heavy atom. The van der Waals surface area contributed by atoms with E-state index >= 15 is 0 Å². The van der Waals surface area contributed by atoms with Gasteiger partial charge in [0, 0.05) is 5.56 Å². The van der Waals surface area contributed by atoms with E-state index < -0.39 is 0 Å². The van der Waals surface area contributed by atoms with Crippen LogP contribution in [0.4, 0.5) is 0 Å². The van der Waals surface area contributed by atoms with Gasteiger partial charge in [-0.2, -0.15) is 0 Å². The van der Waals surface area contributed by atoms with E-state index in [0.29, 0.717) is 19.1 Å². The predicted octanol–water partition coefficient (Wildman–Crippen LogP) is 0.557. The molecule has 0 saturated heterocycles. The van der Waals surface area contributed by atoms with Crippen molar-refractivity contribution in [1.29, 1.82) is 0 Å². The molecule has 0 saturated carbocycles. The molecule has 0 radical (unpaired) electrons. The van der Waals surface area contributed by atoms with E-state index in [1.165, 1.54) is 0 Å². The van der Waals surface area contributed by atoms with Crippen LogP contribution in [0, 0.1) is 0 Å². The Morgan fingerprint density at radius 1 is 1.38 bits per heavy atom. The number of benzene rings is 1. The molecule has 2 rings (SSSR count). The highest BCUT2D eigenvalue weighted by Gasteiger charge is 2.20. The second kappa shape index (κ2) is 3.58. The molecule has 2 N–H and O–H groups in total. The summed E-state index contributed by atoms with van der Waals surface area (Å²) in [6.07, 6.45) is 0. The van der Waals surface area contributed by atoms with Gasteiger partial charge < -0.3 is 9.84 Å². The normalized spacial score (nSPS) is 21.0. The van der Waals surface area contributed by atoms with Gasteiger partial charge in [-0.1, -0.05) is 18.2 Å². The summed E-state index contributed by atoms with van der Waals surface area (Å²) in [7, 11) is 0. The van der Waals surface area contributed by atoms with Gasteiger partial charge in [-0.05, 0) is 12.1 Å². The molecule has 1 atom stereocenters. The van der Waals surface area contributed by atoms with Gasteiger partial charge in [0.2, 0.25) is 5.90 Å². The molecule has 1 heterocycles. The lowest BCUT2D eigenvalue weighted by Gasteiger charge is -1.98. The summed E-state index contributed by atoms with van der Waals surface area (Å²) in [6, 6.07) is 9.82. The summed E-state index contributed by atoms with van der Waals surface area (Å²) in [4.78, 5) is 4.28. The third-order valence-corrected chi connectivity index (χ3v) is 1.97. The highest BCUT2D eigenvalue weighted by atomic mass is 16.5. The fourth-order valence-corrected chi connectivity index (χ4v) is 1.26. The van der Waals surface area contributed by atoms with Crippen LogP contribution in [0.25, 0.3) is 0 Å². The van der Waals surface area contributed by atoms with Crippen LogP contribution in [0.5, 0.6) is 0 Å². The maximum Gasteiger partial charge on any atom is 0.216 e. The van der Waals surface area contributed by atoms with Crippen molar-refractivity contribution in [1.82, 2.24) is 0 Å². The number of hydrogen-bond donors (Lipinski definition) is 0. The van der Waals surface area contributed by atoms with Crippen molar-refractivity contribution in [3.05, 3.63) is 35.9 Å². The molecule has 3 nitrogen and oxygen atoms in total. The molecule has 1 aliphatic heterocycles. The maximum absolute atomic E-state index is 7.17. The van der Waals surface area contributed by atoms with E-state index in [4.69, 9.17) is 9.84 Å². The molecule has 0 aliphatic carbocycles. The fraction of sp³-hybridized carbons (Fsp3) is 0.300. The second-order valence-electron chi connectivity index (χ2n) is 2.97. The number of rotatable bonds is 2. The van der Waals surface area contributed by atoms with Gasteiger partial charge in [-0.3, -0.25) is 0 Å². The van der Waals surface area contributed by atoms with Gasteiger partial charge in [0.15, 0.2) is 12.6 Å². The Balaban J connectivity index is 2.19. The lowest BCUT2D eigenvalue weighted by atomic mass is 10.2. The van der Waals surface area contributed by atoms with E-state index in [0.717, 1.165) is 5.56 Å². The Hall–Kier alpha value is -1.35. The summed E-state index contributed by atoms with van der Waals surface area (Å²) in [5.41, 5.74) is 0.999. The van der Waals surface area contributed by atoms with Crippen LogP contribution in [0.15, 0.2) is 35.3 Å². The molecule has 1 aromatic rings. The first-order chi connectivity index (χ1) is 6.40. The molecule has 1 unspecified atom stereocenters. The van der Waals surface area contributed by atoms with E-state index in [1.807, 2.05) is 30.3 Å². The summed E-state index contributed by atoms with van der Waals surface area (Å²) in [6.45, 7) is 0.851. The van der Waals surface area contributed by atoms with Gasteiger partial charge in [0.1, 0.15) is 6.61 Å². The molecule has 13 heavy (non-hydrogen) atoms. The smallest absolute Gasteiger partial charge is 0.216 e. The third kappa shape index (κ3) is 1.70. The van der Waals surface area contributed by atoms with Crippen molar-refractivity contribution in [3.8, 4) is 0 Å². The molecule has 3 heteroatoms. The monoisotopic (exact) mass is 178 g/mol. The summed E-state index contributed by atoms with van der Waals surface area (Å²) >= 11 is 0. The number of ether oxygens (including phenoxy) is 1. The molecular weight excluding hydrogens is 166 g/mol. The Kier molecular flexibility index (Phi) is 2.27. The van der Waals surface area contributed by atoms with Crippen molar-refractivity contribution in [2.24, 2.45) is 4.99 Å². The molecule has 0 amide bonds. The number of hydrogen-bond acceptors (Lipinski definition) is 2. The minimum absolute atomic E-state index is 0.0233. The molecule has 1 aromatic carbocycles. The van der Waals surface area contributed by atoms with Gasteiger partial charge in [-0.15, -0.1) is 0 Å². The average Bonchev–Trinajstić information content (AvgIpc) is 2.67. The zero-order valence-corrected chi connectivity index (χ0v) is 7.23. The summed E-state index contributed by atoms with van der Waals surface area (Å²) < 4.78 is 5.37. The quantitative estimate of drug-likeness (QED) is 0.610. The van der Waals surface area contributed by atoms with Crippen molar-refractivity contribution in [2.75, 3.05) is 13.2 Å². The number of nitrogens with zero attached hydrogens (tertiary/aromatic N) is 1. The lowest BCUT2D eigenvalue weighted by molar-refractivity contribution is 0.227. The molecule has 1 aliphatic rings. The van der Waals surface area contributed by atoms with Crippen LogP contribution >= 0.6 is 0 Å². The molecule has 0 spiro atoms. The van der Waals surface area contributed by atoms with Gasteiger partial charge in [-0.25, -0.2) is 4.99 Å². The molecule has 0 aromatic heterocycles. The van der Waals surface area contributed by atoms with Crippen molar-refractivity contribution >= 4 is 5.90 Å².